The molecule has 0 aromatic heterocycles. The molecule has 0 unspecified atom stereocenters. The molecule has 0 saturated heterocycles. The third-order valence-electron chi connectivity index (χ3n) is 2.78. The molecular formula is C15H19N5. The highest BCUT2D eigenvalue weighted by atomic mass is 15.3. The Morgan fingerprint density at radius 2 is 1.65 bits per heavy atom. The average Bonchev–Trinajstić information content (AvgIpc) is 2.48. The number of rotatable bonds is 3. The maximum atomic E-state index is 5.50. The van der Waals surface area contributed by atoms with Gasteiger partial charge < -0.3 is 10.2 Å². The van der Waals surface area contributed by atoms with E-state index in [0.29, 0.717) is 5.96 Å². The summed E-state index contributed by atoms with van der Waals surface area (Å²) in [5.74, 6) is 5.99. The number of anilines is 2. The van der Waals surface area contributed by atoms with Crippen LogP contribution in [-0.4, -0.2) is 20.1 Å². The normalized spacial score (nSPS) is 11.1. The van der Waals surface area contributed by atoms with E-state index in [9.17, 15) is 0 Å². The van der Waals surface area contributed by atoms with Gasteiger partial charge in [0.1, 0.15) is 0 Å². The number of nitrogens with two attached hydrogens (primary N) is 1. The molecule has 0 fully saturated rings. The molecule has 0 aliphatic carbocycles. The van der Waals surface area contributed by atoms with Crippen LogP contribution in [-0.2, 0) is 0 Å². The van der Waals surface area contributed by atoms with Crippen molar-refractivity contribution in [3.63, 3.8) is 0 Å². The Bertz CT molecular complexity index is 561. The Morgan fingerprint density at radius 1 is 1.00 bits per heavy atom. The lowest BCUT2D eigenvalue weighted by molar-refractivity contribution is 1.02. The predicted octanol–water partition coefficient (Wildman–Crippen LogP) is 2.32. The van der Waals surface area contributed by atoms with Crippen LogP contribution in [0, 0.1) is 0 Å². The molecule has 5 nitrogen and oxygen atoms in total. The number of benzene rings is 2. The van der Waals surface area contributed by atoms with Crippen molar-refractivity contribution in [2.24, 2.45) is 10.8 Å². The largest absolute Gasteiger partial charge is 0.378 e. The van der Waals surface area contributed by atoms with Crippen LogP contribution >= 0.6 is 0 Å². The molecule has 0 heterocycles. The fraction of sp³-hybridized carbons (Fsp3) is 0.133. The van der Waals surface area contributed by atoms with E-state index >= 15 is 0 Å². The van der Waals surface area contributed by atoms with Crippen molar-refractivity contribution in [3.8, 4) is 0 Å². The number of hydrazine groups is 1. The molecule has 2 aromatic carbocycles. The second-order valence-corrected chi connectivity index (χ2v) is 4.51. The third-order valence-corrected chi connectivity index (χ3v) is 2.78. The monoisotopic (exact) mass is 269 g/mol. The quantitative estimate of drug-likeness (QED) is 0.346. The molecule has 20 heavy (non-hydrogen) atoms. The van der Waals surface area contributed by atoms with Crippen molar-refractivity contribution >= 4 is 23.0 Å². The Hall–Kier alpha value is -2.53. The maximum absolute atomic E-state index is 5.50. The lowest BCUT2D eigenvalue weighted by Gasteiger charge is -2.12. The molecule has 0 atom stereocenters. The molecule has 2 aromatic rings. The van der Waals surface area contributed by atoms with Crippen LogP contribution in [0.3, 0.4) is 0 Å². The lowest BCUT2D eigenvalue weighted by Crippen LogP contribution is -2.35. The van der Waals surface area contributed by atoms with E-state index in [1.165, 1.54) is 0 Å². The summed E-state index contributed by atoms with van der Waals surface area (Å²) in [6.45, 7) is 0. The van der Waals surface area contributed by atoms with Gasteiger partial charge in [-0.2, -0.15) is 0 Å². The van der Waals surface area contributed by atoms with E-state index in [1.54, 1.807) is 0 Å². The lowest BCUT2D eigenvalue weighted by atomic mass is 10.3. The highest BCUT2D eigenvalue weighted by molar-refractivity contribution is 5.94. The van der Waals surface area contributed by atoms with Crippen LogP contribution in [0.1, 0.15) is 0 Å². The molecule has 0 amide bonds. The summed E-state index contributed by atoms with van der Waals surface area (Å²) in [6.07, 6.45) is 0. The fourth-order valence-corrected chi connectivity index (χ4v) is 1.71. The Labute approximate surface area is 119 Å². The molecule has 5 heteroatoms. The van der Waals surface area contributed by atoms with Crippen LogP contribution in [0.2, 0.25) is 0 Å². The third kappa shape index (κ3) is 3.73. The van der Waals surface area contributed by atoms with Crippen molar-refractivity contribution in [2.45, 2.75) is 0 Å². The zero-order chi connectivity index (χ0) is 14.4. The standard InChI is InChI=1S/C15H19N5/c1-20(2)14-10-8-13(9-11-14)18-15(19-16)17-12-6-4-3-5-7-12/h3-11H,16H2,1-2H3,(H2,17,18,19). The van der Waals surface area contributed by atoms with Crippen molar-refractivity contribution in [1.82, 2.24) is 5.43 Å². The van der Waals surface area contributed by atoms with Gasteiger partial charge in [0.2, 0.25) is 5.96 Å². The summed E-state index contributed by atoms with van der Waals surface area (Å²) in [5, 5.41) is 3.12. The van der Waals surface area contributed by atoms with E-state index in [0.717, 1.165) is 17.1 Å². The summed E-state index contributed by atoms with van der Waals surface area (Å²) in [7, 11) is 4.00. The molecule has 104 valence electrons. The van der Waals surface area contributed by atoms with Gasteiger partial charge in [-0.25, -0.2) is 10.8 Å². The summed E-state index contributed by atoms with van der Waals surface area (Å²) in [6, 6.07) is 17.6. The minimum Gasteiger partial charge on any atom is -0.378 e. The smallest absolute Gasteiger partial charge is 0.215 e. The molecule has 0 bridgehead atoms. The number of para-hydroxylation sites is 1. The Morgan fingerprint density at radius 3 is 2.20 bits per heavy atom. The van der Waals surface area contributed by atoms with Gasteiger partial charge in [0.25, 0.3) is 0 Å². The van der Waals surface area contributed by atoms with Crippen molar-refractivity contribution in [2.75, 3.05) is 24.3 Å². The van der Waals surface area contributed by atoms with Crippen LogP contribution < -0.4 is 21.5 Å². The number of nitrogens with zero attached hydrogens (tertiary/aromatic N) is 2. The molecule has 0 saturated carbocycles. The van der Waals surface area contributed by atoms with Gasteiger partial charge >= 0.3 is 0 Å². The minimum atomic E-state index is 0.494. The maximum Gasteiger partial charge on any atom is 0.215 e. The van der Waals surface area contributed by atoms with E-state index in [-0.39, 0.29) is 0 Å². The highest BCUT2D eigenvalue weighted by Crippen LogP contribution is 2.18. The summed E-state index contributed by atoms with van der Waals surface area (Å²) in [5.41, 5.74) is 5.44. The first-order valence-electron chi connectivity index (χ1n) is 6.34. The fourth-order valence-electron chi connectivity index (χ4n) is 1.71. The number of hydrogen-bond donors (Lipinski definition) is 3. The molecule has 0 aliphatic heterocycles. The zero-order valence-electron chi connectivity index (χ0n) is 11.7. The SMILES string of the molecule is CN(C)c1ccc(N=C(NN)Nc2ccccc2)cc1. The highest BCUT2D eigenvalue weighted by Gasteiger charge is 1.99. The first-order chi connectivity index (χ1) is 9.69. The molecule has 0 spiro atoms. The zero-order valence-corrected chi connectivity index (χ0v) is 11.7. The number of hydrogen-bond acceptors (Lipinski definition) is 3. The number of nitrogens with one attached hydrogen (secondary N) is 2. The number of aliphatic imine (C=N–C) groups is 1. The van der Waals surface area contributed by atoms with Crippen LogP contribution in [0.25, 0.3) is 0 Å². The van der Waals surface area contributed by atoms with Crippen molar-refractivity contribution in [1.29, 1.82) is 0 Å². The van der Waals surface area contributed by atoms with Gasteiger partial charge in [-0.15, -0.1) is 0 Å². The van der Waals surface area contributed by atoms with Gasteiger partial charge in [0.15, 0.2) is 0 Å². The van der Waals surface area contributed by atoms with Gasteiger partial charge in [0.05, 0.1) is 5.69 Å². The molecule has 4 N–H and O–H groups in total. The van der Waals surface area contributed by atoms with Crippen molar-refractivity contribution < 1.29 is 0 Å². The van der Waals surface area contributed by atoms with Gasteiger partial charge in [-0.1, -0.05) is 18.2 Å². The molecule has 0 radical (unpaired) electrons. The molecule has 2 rings (SSSR count). The topological polar surface area (TPSA) is 65.7 Å². The van der Waals surface area contributed by atoms with Crippen LogP contribution in [0.15, 0.2) is 59.6 Å². The molecule has 0 aliphatic rings. The number of guanidine groups is 1. The van der Waals surface area contributed by atoms with E-state index < -0.39 is 0 Å². The molecular weight excluding hydrogens is 250 g/mol. The predicted molar refractivity (Wildman–Crippen MR) is 85.3 cm³/mol. The Kier molecular flexibility index (Phi) is 4.57. The van der Waals surface area contributed by atoms with Crippen LogP contribution in [0.5, 0.6) is 0 Å². The van der Waals surface area contributed by atoms with E-state index in [4.69, 9.17) is 5.84 Å². The summed E-state index contributed by atoms with van der Waals surface area (Å²) < 4.78 is 0. The van der Waals surface area contributed by atoms with Crippen LogP contribution in [0.4, 0.5) is 17.1 Å². The first kappa shape index (κ1) is 13.9. The van der Waals surface area contributed by atoms with E-state index in [1.807, 2.05) is 73.6 Å². The van der Waals surface area contributed by atoms with E-state index in [2.05, 4.69) is 15.7 Å². The second-order valence-electron chi connectivity index (χ2n) is 4.51. The van der Waals surface area contributed by atoms with Gasteiger partial charge in [0, 0.05) is 25.5 Å². The second kappa shape index (κ2) is 6.58. The summed E-state index contributed by atoms with van der Waals surface area (Å²) >= 11 is 0. The summed E-state index contributed by atoms with van der Waals surface area (Å²) in [4.78, 5) is 6.46. The van der Waals surface area contributed by atoms with Gasteiger partial charge in [-0.05, 0) is 36.4 Å². The van der Waals surface area contributed by atoms with Gasteiger partial charge in [-0.3, -0.25) is 5.43 Å². The first-order valence-corrected chi connectivity index (χ1v) is 6.34. The Balaban J connectivity index is 2.14. The van der Waals surface area contributed by atoms with Crippen molar-refractivity contribution in [3.05, 3.63) is 54.6 Å². The average molecular weight is 269 g/mol. The minimum absolute atomic E-state index is 0.494.